The molecule has 0 aliphatic heterocycles. The zero-order valence-electron chi connectivity index (χ0n) is 11.1. The molecule has 0 fully saturated rings. The smallest absolute Gasteiger partial charge is 0.339 e. The van der Waals surface area contributed by atoms with E-state index in [1.54, 1.807) is 12.1 Å². The Balaban J connectivity index is 2.22. The van der Waals surface area contributed by atoms with Gasteiger partial charge in [-0.05, 0) is 12.1 Å². The highest BCUT2D eigenvalue weighted by Crippen LogP contribution is 2.04. The number of nitrogens with zero attached hydrogens (tertiary/aromatic N) is 3. The molecule has 0 atom stereocenters. The summed E-state index contributed by atoms with van der Waals surface area (Å²) >= 11 is 0. The van der Waals surface area contributed by atoms with Crippen LogP contribution in [0.5, 0.6) is 5.88 Å². The Labute approximate surface area is 114 Å². The van der Waals surface area contributed by atoms with Crippen LogP contribution in [0.3, 0.4) is 0 Å². The van der Waals surface area contributed by atoms with Crippen LogP contribution in [-0.4, -0.2) is 35.0 Å². The molecule has 0 aromatic carbocycles. The highest BCUT2D eigenvalue weighted by molar-refractivity contribution is 5.88. The first-order valence-corrected chi connectivity index (χ1v) is 5.79. The van der Waals surface area contributed by atoms with Crippen LogP contribution in [0.1, 0.15) is 16.1 Å². The predicted molar refractivity (Wildman–Crippen MR) is 69.7 cm³/mol. The summed E-state index contributed by atoms with van der Waals surface area (Å²) in [5, 5.41) is 4.01. The molecule has 7 heteroatoms. The number of esters is 1. The van der Waals surface area contributed by atoms with Crippen LogP contribution in [0, 0.1) is 0 Å². The van der Waals surface area contributed by atoms with E-state index in [1.165, 1.54) is 37.2 Å². The van der Waals surface area contributed by atoms with Gasteiger partial charge in [-0.3, -0.25) is 9.78 Å². The summed E-state index contributed by atoms with van der Waals surface area (Å²) in [6.07, 6.45) is 1.40. The van der Waals surface area contributed by atoms with Crippen molar-refractivity contribution in [3.05, 3.63) is 52.1 Å². The lowest BCUT2D eigenvalue weighted by molar-refractivity contribution is 0.0600. The molecule has 20 heavy (non-hydrogen) atoms. The number of pyridine rings is 1. The third kappa shape index (κ3) is 3.00. The fourth-order valence-corrected chi connectivity index (χ4v) is 1.56. The maximum Gasteiger partial charge on any atom is 0.339 e. The molecule has 0 aliphatic carbocycles. The molecular weight excluding hydrogens is 262 g/mol. The standard InChI is InChI=1S/C13H13N3O4/c1-19-11-5-6-12(17)16(15-11)8-10-4-3-9(7-14-10)13(18)20-2/h3-7H,8H2,1-2H3. The zero-order chi connectivity index (χ0) is 14.5. The van der Waals surface area contributed by atoms with Gasteiger partial charge in [0.05, 0.1) is 32.0 Å². The fraction of sp³-hybridized carbons (Fsp3) is 0.231. The van der Waals surface area contributed by atoms with Crippen molar-refractivity contribution in [2.24, 2.45) is 0 Å². The molecule has 0 saturated carbocycles. The van der Waals surface area contributed by atoms with Crippen molar-refractivity contribution in [2.75, 3.05) is 14.2 Å². The number of aromatic nitrogens is 3. The number of carbonyl (C=O) groups excluding carboxylic acids is 1. The van der Waals surface area contributed by atoms with Crippen molar-refractivity contribution >= 4 is 5.97 Å². The summed E-state index contributed by atoms with van der Waals surface area (Å²) in [5.74, 6) is -0.114. The van der Waals surface area contributed by atoms with Gasteiger partial charge in [-0.2, -0.15) is 0 Å². The highest BCUT2D eigenvalue weighted by atomic mass is 16.5. The molecule has 0 N–H and O–H groups in total. The average molecular weight is 275 g/mol. The molecule has 2 heterocycles. The van der Waals surface area contributed by atoms with Gasteiger partial charge in [-0.25, -0.2) is 9.48 Å². The molecule has 0 spiro atoms. The lowest BCUT2D eigenvalue weighted by atomic mass is 10.2. The van der Waals surface area contributed by atoms with Crippen molar-refractivity contribution in [3.8, 4) is 5.88 Å². The van der Waals surface area contributed by atoms with Crippen LogP contribution in [0.2, 0.25) is 0 Å². The molecule has 2 aromatic rings. The number of rotatable bonds is 4. The average Bonchev–Trinajstić information content (AvgIpc) is 2.49. The molecular formula is C13H13N3O4. The minimum Gasteiger partial charge on any atom is -0.480 e. The third-order valence-corrected chi connectivity index (χ3v) is 2.61. The second kappa shape index (κ2) is 5.96. The molecule has 2 aromatic heterocycles. The van der Waals surface area contributed by atoms with Crippen molar-refractivity contribution in [2.45, 2.75) is 6.54 Å². The minimum atomic E-state index is -0.458. The largest absolute Gasteiger partial charge is 0.480 e. The van der Waals surface area contributed by atoms with Gasteiger partial charge in [0.2, 0.25) is 5.88 Å². The number of hydrogen-bond donors (Lipinski definition) is 0. The summed E-state index contributed by atoms with van der Waals surface area (Å²) < 4.78 is 10.8. The van der Waals surface area contributed by atoms with E-state index >= 15 is 0 Å². The van der Waals surface area contributed by atoms with Crippen LogP contribution in [0.25, 0.3) is 0 Å². The Kier molecular flexibility index (Phi) is 4.09. The number of methoxy groups -OCH3 is 2. The molecule has 2 rings (SSSR count). The number of ether oxygens (including phenoxy) is 2. The molecule has 0 unspecified atom stereocenters. The van der Waals surface area contributed by atoms with Crippen LogP contribution in [0.4, 0.5) is 0 Å². The second-order valence-electron chi connectivity index (χ2n) is 3.90. The highest BCUT2D eigenvalue weighted by Gasteiger charge is 2.07. The maximum atomic E-state index is 11.7. The zero-order valence-corrected chi connectivity index (χ0v) is 11.1. The van der Waals surface area contributed by atoms with E-state index in [1.807, 2.05) is 0 Å². The first kappa shape index (κ1) is 13.7. The Morgan fingerprint density at radius 3 is 2.65 bits per heavy atom. The van der Waals surface area contributed by atoms with Gasteiger partial charge in [0.1, 0.15) is 0 Å². The summed E-state index contributed by atoms with van der Waals surface area (Å²) in [4.78, 5) is 27.0. The van der Waals surface area contributed by atoms with Crippen LogP contribution in [0.15, 0.2) is 35.3 Å². The second-order valence-corrected chi connectivity index (χ2v) is 3.90. The molecule has 0 saturated heterocycles. The lowest BCUT2D eigenvalue weighted by Crippen LogP contribution is -2.23. The van der Waals surface area contributed by atoms with E-state index in [4.69, 9.17) is 4.74 Å². The van der Waals surface area contributed by atoms with Crippen molar-refractivity contribution in [1.82, 2.24) is 14.8 Å². The quantitative estimate of drug-likeness (QED) is 0.755. The first-order chi connectivity index (χ1) is 9.63. The molecule has 0 aliphatic rings. The van der Waals surface area contributed by atoms with Crippen molar-refractivity contribution in [1.29, 1.82) is 0 Å². The normalized spacial score (nSPS) is 10.1. The van der Waals surface area contributed by atoms with Gasteiger partial charge < -0.3 is 9.47 Å². The Hall–Kier alpha value is -2.70. The van der Waals surface area contributed by atoms with E-state index in [2.05, 4.69) is 14.8 Å². The summed E-state index contributed by atoms with van der Waals surface area (Å²) in [7, 11) is 2.77. The Bertz CT molecular complexity index is 664. The molecule has 0 radical (unpaired) electrons. The van der Waals surface area contributed by atoms with Crippen LogP contribution < -0.4 is 10.3 Å². The van der Waals surface area contributed by atoms with Crippen molar-refractivity contribution < 1.29 is 14.3 Å². The summed E-state index contributed by atoms with van der Waals surface area (Å²) in [5.41, 5.74) is 0.687. The number of hydrogen-bond acceptors (Lipinski definition) is 6. The van der Waals surface area contributed by atoms with Gasteiger partial charge in [0.25, 0.3) is 5.56 Å². The minimum absolute atomic E-state index is 0.192. The first-order valence-electron chi connectivity index (χ1n) is 5.79. The Morgan fingerprint density at radius 2 is 2.05 bits per heavy atom. The van der Waals surface area contributed by atoms with E-state index in [0.717, 1.165) is 0 Å². The van der Waals surface area contributed by atoms with Gasteiger partial charge in [0.15, 0.2) is 0 Å². The van der Waals surface area contributed by atoms with Gasteiger partial charge in [0, 0.05) is 18.3 Å². The van der Waals surface area contributed by atoms with E-state index in [9.17, 15) is 9.59 Å². The molecule has 0 bridgehead atoms. The maximum absolute atomic E-state index is 11.7. The van der Waals surface area contributed by atoms with Crippen LogP contribution >= 0.6 is 0 Å². The molecule has 7 nitrogen and oxygen atoms in total. The third-order valence-electron chi connectivity index (χ3n) is 2.61. The SMILES string of the molecule is COC(=O)c1ccc(Cn2nc(OC)ccc2=O)nc1. The Morgan fingerprint density at radius 1 is 1.25 bits per heavy atom. The van der Waals surface area contributed by atoms with E-state index < -0.39 is 5.97 Å². The topological polar surface area (TPSA) is 83.3 Å². The number of carbonyl (C=O) groups is 1. The van der Waals surface area contributed by atoms with Crippen LogP contribution in [-0.2, 0) is 11.3 Å². The summed E-state index contributed by atoms with van der Waals surface area (Å²) in [6.45, 7) is 0.192. The monoisotopic (exact) mass is 275 g/mol. The van der Waals surface area contributed by atoms with E-state index in [0.29, 0.717) is 17.1 Å². The summed E-state index contributed by atoms with van der Waals surface area (Å²) in [6, 6.07) is 6.08. The van der Waals surface area contributed by atoms with Crippen molar-refractivity contribution in [3.63, 3.8) is 0 Å². The predicted octanol–water partition coefficient (Wildman–Crippen LogP) is 0.482. The molecule has 104 valence electrons. The van der Waals surface area contributed by atoms with Gasteiger partial charge in [-0.1, -0.05) is 0 Å². The lowest BCUT2D eigenvalue weighted by Gasteiger charge is -2.06. The molecule has 0 amide bonds. The van der Waals surface area contributed by atoms with Gasteiger partial charge in [-0.15, -0.1) is 5.10 Å². The fourth-order valence-electron chi connectivity index (χ4n) is 1.56. The van der Waals surface area contributed by atoms with Gasteiger partial charge >= 0.3 is 5.97 Å². The van der Waals surface area contributed by atoms with E-state index in [-0.39, 0.29) is 12.1 Å².